The summed E-state index contributed by atoms with van der Waals surface area (Å²) in [5, 5.41) is 6.40. The van der Waals surface area contributed by atoms with Crippen molar-refractivity contribution in [2.75, 3.05) is 5.32 Å². The molecule has 0 bridgehead atoms. The molecule has 1 heterocycles. The zero-order chi connectivity index (χ0) is 18.5. The number of rotatable bonds is 6. The number of benzene rings is 2. The van der Waals surface area contributed by atoms with Crippen LogP contribution in [0.4, 0.5) is 5.95 Å². The van der Waals surface area contributed by atoms with Gasteiger partial charge in [0, 0.05) is 5.56 Å². The number of aromatic nitrogens is 2. The van der Waals surface area contributed by atoms with Crippen molar-refractivity contribution in [1.29, 1.82) is 0 Å². The summed E-state index contributed by atoms with van der Waals surface area (Å²) in [5.74, 6) is 0.755. The quantitative estimate of drug-likeness (QED) is 0.726. The third-order valence-corrected chi connectivity index (χ3v) is 3.97. The highest BCUT2D eigenvalue weighted by atomic mass is 16.5. The van der Waals surface area contributed by atoms with Gasteiger partial charge in [0.25, 0.3) is 17.7 Å². The minimum atomic E-state index is -0.691. The Bertz CT molecular complexity index is 870. The molecule has 1 N–H and O–H groups in total. The van der Waals surface area contributed by atoms with Crippen LogP contribution in [0.1, 0.15) is 25.0 Å². The summed E-state index contributed by atoms with van der Waals surface area (Å²) in [4.78, 5) is 16.5. The van der Waals surface area contributed by atoms with Crippen molar-refractivity contribution in [2.45, 2.75) is 33.3 Å². The molecule has 0 spiro atoms. The lowest BCUT2D eigenvalue weighted by Gasteiger charge is -2.13. The maximum absolute atomic E-state index is 12.3. The van der Waals surface area contributed by atoms with Crippen LogP contribution >= 0.6 is 0 Å². The summed E-state index contributed by atoms with van der Waals surface area (Å²) in [7, 11) is 0. The van der Waals surface area contributed by atoms with Crippen molar-refractivity contribution in [3.05, 3.63) is 59.7 Å². The van der Waals surface area contributed by atoms with E-state index in [0.29, 0.717) is 11.6 Å². The van der Waals surface area contributed by atoms with Gasteiger partial charge in [0.1, 0.15) is 5.75 Å². The predicted octanol–water partition coefficient (Wildman–Crippen LogP) is 4.01. The van der Waals surface area contributed by atoms with Gasteiger partial charge in [0.2, 0.25) is 0 Å². The molecule has 134 valence electrons. The number of nitrogens with one attached hydrogen (secondary N) is 1. The van der Waals surface area contributed by atoms with Gasteiger partial charge in [-0.25, -0.2) is 0 Å². The lowest BCUT2D eigenvalue weighted by molar-refractivity contribution is -0.122. The molecule has 0 saturated carbocycles. The Labute approximate surface area is 152 Å². The van der Waals surface area contributed by atoms with E-state index in [9.17, 15) is 4.79 Å². The lowest BCUT2D eigenvalue weighted by Crippen LogP contribution is -2.30. The molecule has 0 fully saturated rings. The minimum Gasteiger partial charge on any atom is -0.481 e. The standard InChI is InChI=1S/C20H21N3O3/c1-4-15-7-11-17(12-8-15)25-14(3)18(24)21-20-22-19(26-23-20)16-9-5-13(2)6-10-16/h5-12,14H,4H2,1-3H3,(H,21,23,24)/t14-/m1/s1. The fourth-order valence-corrected chi connectivity index (χ4v) is 2.36. The molecular formula is C20H21N3O3. The highest BCUT2D eigenvalue weighted by molar-refractivity contribution is 5.92. The van der Waals surface area contributed by atoms with Gasteiger partial charge in [-0.2, -0.15) is 4.98 Å². The van der Waals surface area contributed by atoms with Gasteiger partial charge in [-0.05, 0) is 55.3 Å². The number of ether oxygens (including phenoxy) is 1. The number of amides is 1. The number of anilines is 1. The number of hydrogen-bond acceptors (Lipinski definition) is 5. The van der Waals surface area contributed by atoms with Gasteiger partial charge in [0.15, 0.2) is 6.10 Å². The molecule has 1 amide bonds. The first-order valence-electron chi connectivity index (χ1n) is 8.52. The third-order valence-electron chi connectivity index (χ3n) is 3.97. The van der Waals surface area contributed by atoms with Gasteiger partial charge in [-0.1, -0.05) is 36.8 Å². The molecule has 6 heteroatoms. The van der Waals surface area contributed by atoms with Gasteiger partial charge in [0.05, 0.1) is 0 Å². The van der Waals surface area contributed by atoms with E-state index >= 15 is 0 Å². The summed E-state index contributed by atoms with van der Waals surface area (Å²) in [6, 6.07) is 15.4. The summed E-state index contributed by atoms with van der Waals surface area (Å²) >= 11 is 0. The first-order chi connectivity index (χ1) is 12.5. The SMILES string of the molecule is CCc1ccc(O[C@H](C)C(=O)Nc2noc(-c3ccc(C)cc3)n2)cc1. The second-order valence-corrected chi connectivity index (χ2v) is 6.04. The Hall–Kier alpha value is -3.15. The van der Waals surface area contributed by atoms with Crippen LogP contribution in [0.25, 0.3) is 11.5 Å². The van der Waals surface area contributed by atoms with E-state index in [-0.39, 0.29) is 11.9 Å². The minimum absolute atomic E-state index is 0.113. The van der Waals surface area contributed by atoms with Crippen LogP contribution in [0, 0.1) is 6.92 Å². The highest BCUT2D eigenvalue weighted by Crippen LogP contribution is 2.19. The van der Waals surface area contributed by atoms with Crippen LogP contribution in [0.3, 0.4) is 0 Å². The van der Waals surface area contributed by atoms with Crippen LogP contribution in [0.5, 0.6) is 5.75 Å². The van der Waals surface area contributed by atoms with Gasteiger partial charge >= 0.3 is 0 Å². The molecule has 0 aliphatic heterocycles. The summed E-state index contributed by atoms with van der Waals surface area (Å²) in [6.07, 6.45) is 0.265. The molecule has 3 rings (SSSR count). The van der Waals surface area contributed by atoms with Crippen molar-refractivity contribution in [2.24, 2.45) is 0 Å². The molecule has 0 unspecified atom stereocenters. The molecule has 26 heavy (non-hydrogen) atoms. The van der Waals surface area contributed by atoms with E-state index in [1.165, 1.54) is 5.56 Å². The fraction of sp³-hybridized carbons (Fsp3) is 0.250. The summed E-state index contributed by atoms with van der Waals surface area (Å²) in [5.41, 5.74) is 3.15. The van der Waals surface area contributed by atoms with Gasteiger partial charge < -0.3 is 9.26 Å². The van der Waals surface area contributed by atoms with Crippen molar-refractivity contribution in [1.82, 2.24) is 10.1 Å². The van der Waals surface area contributed by atoms with Crippen molar-refractivity contribution >= 4 is 11.9 Å². The normalized spacial score (nSPS) is 11.8. The Morgan fingerprint density at radius 2 is 1.85 bits per heavy atom. The van der Waals surface area contributed by atoms with E-state index in [1.807, 2.05) is 55.5 Å². The number of aryl methyl sites for hydroxylation is 2. The third kappa shape index (κ3) is 4.27. The molecule has 0 radical (unpaired) electrons. The topological polar surface area (TPSA) is 77.2 Å². The molecule has 0 aliphatic rings. The van der Waals surface area contributed by atoms with Crippen LogP contribution in [-0.4, -0.2) is 22.2 Å². The maximum Gasteiger partial charge on any atom is 0.270 e. The molecule has 0 saturated heterocycles. The largest absolute Gasteiger partial charge is 0.481 e. The molecule has 0 aliphatic carbocycles. The fourth-order valence-electron chi connectivity index (χ4n) is 2.36. The average molecular weight is 351 g/mol. The molecule has 3 aromatic rings. The number of carbonyl (C=O) groups is 1. The molecular weight excluding hydrogens is 330 g/mol. The van der Waals surface area contributed by atoms with Crippen LogP contribution < -0.4 is 10.1 Å². The van der Waals surface area contributed by atoms with Crippen LogP contribution in [0.15, 0.2) is 53.1 Å². The van der Waals surface area contributed by atoms with Gasteiger partial charge in [-0.3, -0.25) is 10.1 Å². The Morgan fingerprint density at radius 3 is 2.50 bits per heavy atom. The number of hydrogen-bond donors (Lipinski definition) is 1. The number of carbonyl (C=O) groups excluding carboxylic acids is 1. The van der Waals surface area contributed by atoms with E-state index in [0.717, 1.165) is 17.5 Å². The molecule has 1 aromatic heterocycles. The molecule has 1 atom stereocenters. The predicted molar refractivity (Wildman–Crippen MR) is 99.0 cm³/mol. The number of nitrogens with zero attached hydrogens (tertiary/aromatic N) is 2. The second kappa shape index (κ2) is 7.82. The molecule has 2 aromatic carbocycles. The van der Waals surface area contributed by atoms with E-state index in [2.05, 4.69) is 22.4 Å². The Morgan fingerprint density at radius 1 is 1.15 bits per heavy atom. The second-order valence-electron chi connectivity index (χ2n) is 6.04. The van der Waals surface area contributed by atoms with Crippen LogP contribution in [0.2, 0.25) is 0 Å². The maximum atomic E-state index is 12.3. The van der Waals surface area contributed by atoms with Crippen LogP contribution in [-0.2, 0) is 11.2 Å². The monoisotopic (exact) mass is 351 g/mol. The van der Waals surface area contributed by atoms with Crippen molar-refractivity contribution < 1.29 is 14.1 Å². The van der Waals surface area contributed by atoms with E-state index in [1.54, 1.807) is 6.92 Å². The smallest absolute Gasteiger partial charge is 0.270 e. The zero-order valence-electron chi connectivity index (χ0n) is 15.0. The Kier molecular flexibility index (Phi) is 5.31. The van der Waals surface area contributed by atoms with Crippen molar-refractivity contribution in [3.8, 4) is 17.2 Å². The Balaban J connectivity index is 1.61. The van der Waals surface area contributed by atoms with E-state index in [4.69, 9.17) is 9.26 Å². The first kappa shape index (κ1) is 17.7. The summed E-state index contributed by atoms with van der Waals surface area (Å²) < 4.78 is 10.9. The molecule has 6 nitrogen and oxygen atoms in total. The van der Waals surface area contributed by atoms with Gasteiger partial charge in [-0.15, -0.1) is 0 Å². The van der Waals surface area contributed by atoms with E-state index < -0.39 is 6.10 Å². The van der Waals surface area contributed by atoms with Crippen molar-refractivity contribution in [3.63, 3.8) is 0 Å². The lowest BCUT2D eigenvalue weighted by atomic mass is 10.1. The highest BCUT2D eigenvalue weighted by Gasteiger charge is 2.18. The zero-order valence-corrected chi connectivity index (χ0v) is 15.0. The average Bonchev–Trinajstić information content (AvgIpc) is 3.11. The first-order valence-corrected chi connectivity index (χ1v) is 8.52. The summed E-state index contributed by atoms with van der Waals surface area (Å²) in [6.45, 7) is 5.76.